The SMILES string of the molecule is COc1ccccc1NC(=S)NNC1=CC(=O)c2ccccc21. The van der Waals surface area contributed by atoms with Crippen LogP contribution in [-0.2, 0) is 0 Å². The molecule has 23 heavy (non-hydrogen) atoms. The highest BCUT2D eigenvalue weighted by Gasteiger charge is 2.20. The fourth-order valence-electron chi connectivity index (χ4n) is 2.35. The number of anilines is 1. The largest absolute Gasteiger partial charge is 0.495 e. The highest BCUT2D eigenvalue weighted by atomic mass is 32.1. The van der Waals surface area contributed by atoms with Crippen LogP contribution >= 0.6 is 12.2 Å². The Hall–Kier alpha value is -2.86. The zero-order valence-electron chi connectivity index (χ0n) is 12.4. The lowest BCUT2D eigenvalue weighted by Gasteiger charge is -2.15. The Kier molecular flexibility index (Phi) is 4.25. The monoisotopic (exact) mass is 325 g/mol. The van der Waals surface area contributed by atoms with E-state index in [4.69, 9.17) is 17.0 Å². The minimum atomic E-state index is -0.0199. The van der Waals surface area contributed by atoms with Crippen LogP contribution in [0, 0.1) is 0 Å². The van der Waals surface area contributed by atoms with E-state index >= 15 is 0 Å². The number of allylic oxidation sites excluding steroid dienone is 1. The maximum absolute atomic E-state index is 11.9. The summed E-state index contributed by atoms with van der Waals surface area (Å²) >= 11 is 5.25. The predicted molar refractivity (Wildman–Crippen MR) is 94.2 cm³/mol. The summed E-state index contributed by atoms with van der Waals surface area (Å²) in [5.74, 6) is 0.672. The van der Waals surface area contributed by atoms with E-state index in [-0.39, 0.29) is 5.78 Å². The molecular formula is C17H15N3O2S. The van der Waals surface area contributed by atoms with Crippen molar-refractivity contribution in [2.45, 2.75) is 0 Å². The third kappa shape index (κ3) is 3.17. The summed E-state index contributed by atoms with van der Waals surface area (Å²) in [6.07, 6.45) is 1.55. The number of benzene rings is 2. The van der Waals surface area contributed by atoms with Crippen LogP contribution in [0.5, 0.6) is 5.75 Å². The summed E-state index contributed by atoms with van der Waals surface area (Å²) in [7, 11) is 1.60. The van der Waals surface area contributed by atoms with Gasteiger partial charge in [0.1, 0.15) is 5.75 Å². The van der Waals surface area contributed by atoms with Crippen molar-refractivity contribution in [2.75, 3.05) is 12.4 Å². The molecule has 0 heterocycles. The lowest BCUT2D eigenvalue weighted by atomic mass is 10.1. The van der Waals surface area contributed by atoms with Crippen LogP contribution in [0.25, 0.3) is 5.70 Å². The average molecular weight is 325 g/mol. The van der Waals surface area contributed by atoms with Crippen LogP contribution in [-0.4, -0.2) is 18.0 Å². The molecule has 2 aromatic carbocycles. The number of fused-ring (bicyclic) bond motifs is 1. The summed E-state index contributed by atoms with van der Waals surface area (Å²) in [5, 5.41) is 3.41. The number of hydrazine groups is 1. The number of nitrogens with one attached hydrogen (secondary N) is 3. The van der Waals surface area contributed by atoms with Crippen molar-refractivity contribution in [3.63, 3.8) is 0 Å². The Labute approximate surface area is 139 Å². The molecule has 3 rings (SSSR count). The molecule has 0 spiro atoms. The van der Waals surface area contributed by atoms with Gasteiger partial charge in [0.25, 0.3) is 0 Å². The Morgan fingerprint density at radius 2 is 1.74 bits per heavy atom. The summed E-state index contributed by atoms with van der Waals surface area (Å²) in [6.45, 7) is 0. The second-order valence-electron chi connectivity index (χ2n) is 4.87. The highest BCUT2D eigenvalue weighted by molar-refractivity contribution is 7.80. The van der Waals surface area contributed by atoms with Crippen LogP contribution in [0.15, 0.2) is 54.6 Å². The van der Waals surface area contributed by atoms with Crippen LogP contribution in [0.2, 0.25) is 0 Å². The molecule has 0 bridgehead atoms. The van der Waals surface area contributed by atoms with Gasteiger partial charge in [0.15, 0.2) is 10.9 Å². The Morgan fingerprint density at radius 3 is 2.52 bits per heavy atom. The van der Waals surface area contributed by atoms with Crippen molar-refractivity contribution < 1.29 is 9.53 Å². The molecule has 0 radical (unpaired) electrons. The summed E-state index contributed by atoms with van der Waals surface area (Å²) < 4.78 is 5.26. The first kappa shape index (κ1) is 15.1. The second kappa shape index (κ2) is 6.50. The maximum atomic E-state index is 11.9. The quantitative estimate of drug-likeness (QED) is 0.593. The Morgan fingerprint density at radius 1 is 1.04 bits per heavy atom. The smallest absolute Gasteiger partial charge is 0.189 e. The molecule has 1 aliphatic rings. The summed E-state index contributed by atoms with van der Waals surface area (Å²) in [4.78, 5) is 11.9. The summed E-state index contributed by atoms with van der Waals surface area (Å²) in [5.41, 5.74) is 8.83. The van der Waals surface area contributed by atoms with Gasteiger partial charge in [-0.25, -0.2) is 0 Å². The number of ketones is 1. The van der Waals surface area contributed by atoms with E-state index < -0.39 is 0 Å². The molecule has 0 aliphatic heterocycles. The van der Waals surface area contributed by atoms with E-state index in [1.165, 1.54) is 0 Å². The minimum absolute atomic E-state index is 0.0199. The zero-order valence-corrected chi connectivity index (χ0v) is 13.2. The van der Waals surface area contributed by atoms with Gasteiger partial charge in [0.2, 0.25) is 0 Å². The van der Waals surface area contributed by atoms with Gasteiger partial charge in [-0.1, -0.05) is 36.4 Å². The highest BCUT2D eigenvalue weighted by Crippen LogP contribution is 2.25. The normalized spacial score (nSPS) is 12.2. The Balaban J connectivity index is 1.64. The van der Waals surface area contributed by atoms with Crippen molar-refractivity contribution in [3.05, 3.63) is 65.7 Å². The standard InChI is InChI=1S/C17H15N3O2S/c1-22-16-9-5-4-8-13(16)18-17(23)20-19-14-10-15(21)12-7-3-2-6-11(12)14/h2-10,19H,1H3,(H2,18,20,23). The first-order valence-corrected chi connectivity index (χ1v) is 7.41. The number of carbonyl (C=O) groups excluding carboxylic acids is 1. The fraction of sp³-hybridized carbons (Fsp3) is 0.0588. The first-order chi connectivity index (χ1) is 11.2. The number of ether oxygens (including phenoxy) is 1. The van der Waals surface area contributed by atoms with E-state index in [2.05, 4.69) is 16.2 Å². The van der Waals surface area contributed by atoms with Gasteiger partial charge >= 0.3 is 0 Å². The molecule has 0 fully saturated rings. The number of hydrogen-bond acceptors (Lipinski definition) is 4. The zero-order chi connectivity index (χ0) is 16.2. The molecule has 0 atom stereocenters. The van der Waals surface area contributed by atoms with Gasteiger partial charge in [0, 0.05) is 17.2 Å². The molecule has 6 heteroatoms. The molecule has 1 aliphatic carbocycles. The van der Waals surface area contributed by atoms with E-state index in [0.717, 1.165) is 11.3 Å². The number of thiocarbonyl (C=S) groups is 1. The lowest BCUT2D eigenvalue weighted by molar-refractivity contribution is 0.105. The number of hydrogen-bond donors (Lipinski definition) is 3. The second-order valence-corrected chi connectivity index (χ2v) is 5.28. The lowest BCUT2D eigenvalue weighted by Crippen LogP contribution is -2.38. The molecule has 0 saturated carbocycles. The van der Waals surface area contributed by atoms with Gasteiger partial charge in [-0.05, 0) is 24.4 Å². The number of methoxy groups -OCH3 is 1. The molecule has 0 amide bonds. The van der Waals surface area contributed by atoms with Gasteiger partial charge in [-0.2, -0.15) is 0 Å². The van der Waals surface area contributed by atoms with E-state index in [1.807, 2.05) is 42.5 Å². The van der Waals surface area contributed by atoms with Gasteiger partial charge in [-0.3, -0.25) is 15.6 Å². The third-order valence-corrected chi connectivity index (χ3v) is 3.63. The van der Waals surface area contributed by atoms with Crippen LogP contribution in [0.3, 0.4) is 0 Å². The van der Waals surface area contributed by atoms with E-state index in [0.29, 0.717) is 22.1 Å². The predicted octanol–water partition coefficient (Wildman–Crippen LogP) is 2.72. The average Bonchev–Trinajstić information content (AvgIpc) is 2.90. The fourth-order valence-corrected chi connectivity index (χ4v) is 2.51. The molecule has 2 aromatic rings. The van der Waals surface area contributed by atoms with Crippen LogP contribution in [0.4, 0.5) is 5.69 Å². The van der Waals surface area contributed by atoms with Crippen molar-refractivity contribution in [3.8, 4) is 5.75 Å². The van der Waals surface area contributed by atoms with Gasteiger partial charge in [0.05, 0.1) is 18.5 Å². The van der Waals surface area contributed by atoms with Crippen molar-refractivity contribution in [1.29, 1.82) is 0 Å². The topological polar surface area (TPSA) is 62.4 Å². The number of para-hydroxylation sites is 2. The van der Waals surface area contributed by atoms with Crippen molar-refractivity contribution in [2.24, 2.45) is 0 Å². The molecule has 5 nitrogen and oxygen atoms in total. The van der Waals surface area contributed by atoms with Gasteiger partial charge < -0.3 is 10.1 Å². The van der Waals surface area contributed by atoms with Crippen molar-refractivity contribution >= 4 is 34.5 Å². The molecule has 116 valence electrons. The molecule has 3 N–H and O–H groups in total. The van der Waals surface area contributed by atoms with E-state index in [1.54, 1.807) is 19.3 Å². The maximum Gasteiger partial charge on any atom is 0.189 e. The number of rotatable bonds is 4. The van der Waals surface area contributed by atoms with Crippen molar-refractivity contribution in [1.82, 2.24) is 10.9 Å². The summed E-state index contributed by atoms with van der Waals surface area (Å²) in [6, 6.07) is 14.9. The molecule has 0 aromatic heterocycles. The molecular weight excluding hydrogens is 310 g/mol. The minimum Gasteiger partial charge on any atom is -0.495 e. The van der Waals surface area contributed by atoms with Crippen LogP contribution < -0.4 is 20.9 Å². The number of carbonyl (C=O) groups is 1. The van der Waals surface area contributed by atoms with Gasteiger partial charge in [-0.15, -0.1) is 0 Å². The molecule has 0 saturated heterocycles. The first-order valence-electron chi connectivity index (χ1n) is 7.00. The third-order valence-electron chi connectivity index (χ3n) is 3.42. The van der Waals surface area contributed by atoms with Crippen LogP contribution in [0.1, 0.15) is 15.9 Å². The Bertz CT molecular complexity index is 802. The molecule has 0 unspecified atom stereocenters. The van der Waals surface area contributed by atoms with E-state index in [9.17, 15) is 4.79 Å².